The van der Waals surface area contributed by atoms with Crippen LogP contribution in [-0.4, -0.2) is 41.1 Å². The molecule has 1 aliphatic rings. The van der Waals surface area contributed by atoms with Crippen LogP contribution in [0.3, 0.4) is 0 Å². The van der Waals surface area contributed by atoms with E-state index >= 15 is 0 Å². The largest absolute Gasteiger partial charge is 0.346 e. The van der Waals surface area contributed by atoms with E-state index in [9.17, 15) is 4.39 Å². The van der Waals surface area contributed by atoms with E-state index in [-0.39, 0.29) is 5.82 Å². The van der Waals surface area contributed by atoms with Gasteiger partial charge in [-0.2, -0.15) is 0 Å². The maximum atomic E-state index is 13.1. The summed E-state index contributed by atoms with van der Waals surface area (Å²) in [6, 6.07) is 8.31. The SMILES string of the molecule is Fc1ccc(-c2csc(N3CCCN(c4ncccn4)CC3)n2)cc1. The highest BCUT2D eigenvalue weighted by Crippen LogP contribution is 2.28. The van der Waals surface area contributed by atoms with Crippen LogP contribution in [0.15, 0.2) is 48.1 Å². The molecule has 128 valence electrons. The Kier molecular flexibility index (Phi) is 4.56. The predicted octanol–water partition coefficient (Wildman–Crippen LogP) is 3.46. The summed E-state index contributed by atoms with van der Waals surface area (Å²) in [5.41, 5.74) is 1.84. The Labute approximate surface area is 149 Å². The van der Waals surface area contributed by atoms with Gasteiger partial charge >= 0.3 is 0 Å². The Morgan fingerprint density at radius 3 is 2.44 bits per heavy atom. The highest BCUT2D eigenvalue weighted by atomic mass is 32.1. The van der Waals surface area contributed by atoms with E-state index in [1.807, 2.05) is 11.4 Å². The first-order valence-electron chi connectivity index (χ1n) is 8.28. The highest BCUT2D eigenvalue weighted by molar-refractivity contribution is 7.14. The fraction of sp³-hybridized carbons (Fsp3) is 0.278. The van der Waals surface area contributed by atoms with Gasteiger partial charge in [0.2, 0.25) is 5.95 Å². The minimum atomic E-state index is -0.227. The number of anilines is 2. The first kappa shape index (κ1) is 16.0. The Bertz CT molecular complexity index is 821. The maximum absolute atomic E-state index is 13.1. The third-order valence-electron chi connectivity index (χ3n) is 4.23. The minimum Gasteiger partial charge on any atom is -0.346 e. The van der Waals surface area contributed by atoms with Crippen LogP contribution >= 0.6 is 11.3 Å². The quantitative estimate of drug-likeness (QED) is 0.720. The van der Waals surface area contributed by atoms with E-state index in [0.29, 0.717) is 0 Å². The van der Waals surface area contributed by atoms with Crippen molar-refractivity contribution < 1.29 is 4.39 Å². The molecule has 1 aromatic carbocycles. The van der Waals surface area contributed by atoms with E-state index in [0.717, 1.165) is 54.9 Å². The molecule has 0 atom stereocenters. The zero-order valence-corrected chi connectivity index (χ0v) is 14.5. The lowest BCUT2D eigenvalue weighted by Crippen LogP contribution is -2.31. The number of thiazole rings is 1. The van der Waals surface area contributed by atoms with Crippen molar-refractivity contribution in [2.24, 2.45) is 0 Å². The van der Waals surface area contributed by atoms with Gasteiger partial charge in [-0.15, -0.1) is 11.3 Å². The fourth-order valence-corrected chi connectivity index (χ4v) is 3.81. The summed E-state index contributed by atoms with van der Waals surface area (Å²) in [6.07, 6.45) is 4.59. The van der Waals surface area contributed by atoms with Crippen LogP contribution in [0.25, 0.3) is 11.3 Å². The van der Waals surface area contributed by atoms with Crippen LogP contribution in [0.5, 0.6) is 0 Å². The van der Waals surface area contributed by atoms with Crippen molar-refractivity contribution in [3.63, 3.8) is 0 Å². The second kappa shape index (κ2) is 7.14. The third kappa shape index (κ3) is 3.61. The van der Waals surface area contributed by atoms with E-state index in [2.05, 4.69) is 19.8 Å². The molecule has 4 rings (SSSR count). The van der Waals surface area contributed by atoms with E-state index < -0.39 is 0 Å². The zero-order chi connectivity index (χ0) is 17.1. The Balaban J connectivity index is 1.47. The molecule has 0 aliphatic carbocycles. The minimum absolute atomic E-state index is 0.227. The van der Waals surface area contributed by atoms with E-state index in [1.54, 1.807) is 35.9 Å². The van der Waals surface area contributed by atoms with Crippen LogP contribution in [0, 0.1) is 5.82 Å². The van der Waals surface area contributed by atoms with Crippen LogP contribution in [0.4, 0.5) is 15.5 Å². The summed E-state index contributed by atoms with van der Waals surface area (Å²) < 4.78 is 13.1. The van der Waals surface area contributed by atoms with Crippen LogP contribution in [0.2, 0.25) is 0 Å². The predicted molar refractivity (Wildman–Crippen MR) is 98.6 cm³/mol. The summed E-state index contributed by atoms with van der Waals surface area (Å²) in [6.45, 7) is 3.65. The average molecular weight is 355 g/mol. The number of hydrogen-bond acceptors (Lipinski definition) is 6. The number of rotatable bonds is 3. The monoisotopic (exact) mass is 355 g/mol. The molecule has 7 heteroatoms. The topological polar surface area (TPSA) is 45.2 Å². The number of hydrogen-bond donors (Lipinski definition) is 0. The number of benzene rings is 1. The lowest BCUT2D eigenvalue weighted by Gasteiger charge is -2.21. The zero-order valence-electron chi connectivity index (χ0n) is 13.7. The first-order valence-corrected chi connectivity index (χ1v) is 9.16. The molecule has 0 N–H and O–H groups in total. The van der Waals surface area contributed by atoms with Gasteiger partial charge in [0.05, 0.1) is 5.69 Å². The molecule has 3 aromatic rings. The third-order valence-corrected chi connectivity index (χ3v) is 5.13. The van der Waals surface area contributed by atoms with Gasteiger partial charge in [-0.1, -0.05) is 0 Å². The average Bonchev–Trinajstić information content (AvgIpc) is 3.01. The van der Waals surface area contributed by atoms with Gasteiger partial charge in [0.1, 0.15) is 5.82 Å². The lowest BCUT2D eigenvalue weighted by atomic mass is 10.2. The summed E-state index contributed by atoms with van der Waals surface area (Å²) in [7, 11) is 0. The van der Waals surface area contributed by atoms with Gasteiger partial charge in [0.25, 0.3) is 0 Å². The smallest absolute Gasteiger partial charge is 0.225 e. The molecular formula is C18H18FN5S. The molecule has 1 saturated heterocycles. The highest BCUT2D eigenvalue weighted by Gasteiger charge is 2.19. The van der Waals surface area contributed by atoms with E-state index in [1.165, 1.54) is 12.1 Å². The van der Waals surface area contributed by atoms with Crippen LogP contribution in [-0.2, 0) is 0 Å². The molecule has 1 fully saturated rings. The van der Waals surface area contributed by atoms with Gasteiger partial charge in [0, 0.05) is 49.5 Å². The second-order valence-electron chi connectivity index (χ2n) is 5.90. The summed E-state index contributed by atoms with van der Waals surface area (Å²) >= 11 is 1.63. The van der Waals surface area contributed by atoms with Crippen LogP contribution in [0.1, 0.15) is 6.42 Å². The molecule has 0 spiro atoms. The second-order valence-corrected chi connectivity index (χ2v) is 6.74. The number of aromatic nitrogens is 3. The summed E-state index contributed by atoms with van der Waals surface area (Å²) in [5.74, 6) is 0.561. The Hall–Kier alpha value is -2.54. The van der Waals surface area contributed by atoms with Crippen molar-refractivity contribution in [1.29, 1.82) is 0 Å². The van der Waals surface area contributed by atoms with Crippen LogP contribution < -0.4 is 9.80 Å². The molecule has 0 radical (unpaired) electrons. The van der Waals surface area contributed by atoms with Crippen molar-refractivity contribution >= 4 is 22.4 Å². The molecule has 0 amide bonds. The molecule has 0 unspecified atom stereocenters. The number of halogens is 1. The fourth-order valence-electron chi connectivity index (χ4n) is 2.93. The lowest BCUT2D eigenvalue weighted by molar-refractivity contribution is 0.628. The van der Waals surface area contributed by atoms with Gasteiger partial charge in [-0.25, -0.2) is 19.3 Å². The molecule has 3 heterocycles. The summed E-state index contributed by atoms with van der Waals surface area (Å²) in [4.78, 5) is 18.0. The van der Waals surface area contributed by atoms with Crippen molar-refractivity contribution in [3.8, 4) is 11.3 Å². The first-order chi connectivity index (χ1) is 12.3. The normalized spacial score (nSPS) is 15.2. The van der Waals surface area contributed by atoms with Gasteiger partial charge < -0.3 is 9.80 Å². The Morgan fingerprint density at radius 2 is 1.64 bits per heavy atom. The van der Waals surface area contributed by atoms with Crippen molar-refractivity contribution in [3.05, 3.63) is 53.9 Å². The van der Waals surface area contributed by atoms with Gasteiger partial charge in [-0.05, 0) is 36.8 Å². The molecule has 1 aliphatic heterocycles. The van der Waals surface area contributed by atoms with Gasteiger partial charge in [-0.3, -0.25) is 0 Å². The van der Waals surface area contributed by atoms with Gasteiger partial charge in [0.15, 0.2) is 5.13 Å². The maximum Gasteiger partial charge on any atom is 0.225 e. The Morgan fingerprint density at radius 1 is 0.920 bits per heavy atom. The standard InChI is InChI=1S/C18H18FN5S/c19-15-5-3-14(4-6-15)16-13-25-18(22-16)24-10-2-9-23(11-12-24)17-20-7-1-8-21-17/h1,3-8,13H,2,9-12H2. The molecule has 25 heavy (non-hydrogen) atoms. The van der Waals surface area contributed by atoms with Crippen molar-refractivity contribution in [2.45, 2.75) is 6.42 Å². The molecular weight excluding hydrogens is 337 g/mol. The molecule has 0 saturated carbocycles. The number of nitrogens with zero attached hydrogens (tertiary/aromatic N) is 5. The van der Waals surface area contributed by atoms with E-state index in [4.69, 9.17) is 4.98 Å². The van der Waals surface area contributed by atoms with Crippen molar-refractivity contribution in [1.82, 2.24) is 15.0 Å². The molecule has 0 bridgehead atoms. The molecule has 5 nitrogen and oxygen atoms in total. The van der Waals surface area contributed by atoms with Crippen molar-refractivity contribution in [2.75, 3.05) is 36.0 Å². The molecule has 2 aromatic heterocycles. The summed E-state index contributed by atoms with van der Waals surface area (Å²) in [5, 5.41) is 3.04.